The van der Waals surface area contributed by atoms with E-state index in [-0.39, 0.29) is 11.9 Å². The minimum absolute atomic E-state index is 0.0502. The molecular formula is C41H47N3O7. The summed E-state index contributed by atoms with van der Waals surface area (Å²) in [6.07, 6.45) is 4.43. The van der Waals surface area contributed by atoms with Crippen LogP contribution in [0.3, 0.4) is 0 Å². The van der Waals surface area contributed by atoms with Gasteiger partial charge in [-0.2, -0.15) is 10.2 Å². The van der Waals surface area contributed by atoms with Gasteiger partial charge in [0.05, 0.1) is 41.6 Å². The van der Waals surface area contributed by atoms with Crippen LogP contribution in [0.5, 0.6) is 17.2 Å². The van der Waals surface area contributed by atoms with Gasteiger partial charge in [0.2, 0.25) is 0 Å². The molecule has 0 saturated carbocycles. The molecule has 0 spiro atoms. The van der Waals surface area contributed by atoms with Gasteiger partial charge in [-0.15, -0.1) is 0 Å². The number of hydrogen-bond acceptors (Lipinski definition) is 10. The molecule has 4 aromatic carbocycles. The lowest BCUT2D eigenvalue weighted by molar-refractivity contribution is -0.148. The Labute approximate surface area is 300 Å². The van der Waals surface area contributed by atoms with Crippen LogP contribution in [0.1, 0.15) is 80.5 Å². The summed E-state index contributed by atoms with van der Waals surface area (Å²) >= 11 is 0. The zero-order valence-corrected chi connectivity index (χ0v) is 29.9. The molecule has 0 amide bonds. The first kappa shape index (κ1) is 38.3. The maximum Gasteiger partial charge on any atom is 0.343 e. The van der Waals surface area contributed by atoms with Crippen LogP contribution in [0.2, 0.25) is 0 Å². The monoisotopic (exact) mass is 693 g/mol. The SMILES string of the molecule is CCC(C)C(=O)OCCCCCCOc1ccc(C(=O)Oc2ccc(C(=O)Oc3ccc(N=Nc4ccc(N(CC)CC)cc4)cc3)cc2)cc1. The molecule has 0 N–H and O–H groups in total. The maximum atomic E-state index is 12.7. The molecule has 51 heavy (non-hydrogen) atoms. The van der Waals surface area contributed by atoms with Crippen LogP contribution in [0.15, 0.2) is 107 Å². The van der Waals surface area contributed by atoms with E-state index in [0.29, 0.717) is 47.3 Å². The molecule has 10 nitrogen and oxygen atoms in total. The smallest absolute Gasteiger partial charge is 0.343 e. The lowest BCUT2D eigenvalue weighted by Crippen LogP contribution is -2.21. The number of ether oxygens (including phenoxy) is 4. The van der Waals surface area contributed by atoms with Crippen molar-refractivity contribution in [2.75, 3.05) is 31.2 Å². The Balaban J connectivity index is 1.16. The number of carbonyl (C=O) groups is 3. The van der Waals surface area contributed by atoms with Crippen LogP contribution < -0.4 is 19.1 Å². The van der Waals surface area contributed by atoms with Crippen molar-refractivity contribution in [2.45, 2.75) is 59.8 Å². The zero-order valence-electron chi connectivity index (χ0n) is 29.9. The Morgan fingerprint density at radius 1 is 0.588 bits per heavy atom. The second-order valence-corrected chi connectivity index (χ2v) is 11.9. The van der Waals surface area contributed by atoms with Gasteiger partial charge in [-0.25, -0.2) is 9.59 Å². The standard InChI is InChI=1S/C41H47N3O7/c1-5-30(4)39(45)49-29-11-9-8-10-28-48-36-22-12-31(13-23-36)40(46)50-37-24-14-32(15-25-37)41(47)51-38-26-18-34(19-27-38)43-42-33-16-20-35(21-17-33)44(6-2)7-3/h12-27,30H,5-11,28-29H2,1-4H3. The van der Waals surface area contributed by atoms with Crippen LogP contribution >= 0.6 is 0 Å². The molecule has 0 fully saturated rings. The van der Waals surface area contributed by atoms with Crippen LogP contribution in [-0.2, 0) is 9.53 Å². The molecular weight excluding hydrogens is 646 g/mol. The summed E-state index contributed by atoms with van der Waals surface area (Å²) in [4.78, 5) is 39.3. The Morgan fingerprint density at radius 3 is 1.53 bits per heavy atom. The molecule has 4 aromatic rings. The Morgan fingerprint density at radius 2 is 1.04 bits per heavy atom. The normalized spacial score (nSPS) is 11.5. The van der Waals surface area contributed by atoms with Crippen LogP contribution in [0.4, 0.5) is 17.1 Å². The Hall–Kier alpha value is -5.51. The predicted molar refractivity (Wildman–Crippen MR) is 198 cm³/mol. The average Bonchev–Trinajstić information content (AvgIpc) is 3.16. The second-order valence-electron chi connectivity index (χ2n) is 11.9. The highest BCUT2D eigenvalue weighted by atomic mass is 16.5. The highest BCUT2D eigenvalue weighted by Gasteiger charge is 2.13. The average molecular weight is 694 g/mol. The fourth-order valence-corrected chi connectivity index (χ4v) is 4.92. The van der Waals surface area contributed by atoms with Crippen molar-refractivity contribution in [3.05, 3.63) is 108 Å². The van der Waals surface area contributed by atoms with E-state index in [2.05, 4.69) is 29.0 Å². The van der Waals surface area contributed by atoms with E-state index >= 15 is 0 Å². The van der Waals surface area contributed by atoms with Crippen molar-refractivity contribution in [2.24, 2.45) is 16.1 Å². The summed E-state index contributed by atoms with van der Waals surface area (Å²) < 4.78 is 22.0. The number of unbranched alkanes of at least 4 members (excludes halogenated alkanes) is 3. The van der Waals surface area contributed by atoms with Gasteiger partial charge in [-0.05, 0) is 143 Å². The number of hydrogen-bond donors (Lipinski definition) is 0. The van der Waals surface area contributed by atoms with Gasteiger partial charge in [-0.3, -0.25) is 4.79 Å². The van der Waals surface area contributed by atoms with Crippen molar-refractivity contribution in [1.82, 2.24) is 0 Å². The molecule has 0 heterocycles. The number of rotatable bonds is 19. The zero-order chi connectivity index (χ0) is 36.4. The molecule has 268 valence electrons. The molecule has 0 aliphatic heterocycles. The van der Waals surface area contributed by atoms with E-state index in [1.165, 1.54) is 12.1 Å². The molecule has 4 rings (SSSR count). The highest BCUT2D eigenvalue weighted by molar-refractivity contribution is 5.92. The molecule has 0 bridgehead atoms. The predicted octanol–water partition coefficient (Wildman–Crippen LogP) is 9.92. The summed E-state index contributed by atoms with van der Waals surface area (Å²) in [6.45, 7) is 11.0. The third kappa shape index (κ3) is 12.4. The quantitative estimate of drug-likeness (QED) is 0.0412. The lowest BCUT2D eigenvalue weighted by Gasteiger charge is -2.20. The third-order valence-corrected chi connectivity index (χ3v) is 8.26. The summed E-state index contributed by atoms with van der Waals surface area (Å²) in [5, 5.41) is 8.57. The van der Waals surface area contributed by atoms with Crippen molar-refractivity contribution < 1.29 is 33.3 Å². The van der Waals surface area contributed by atoms with E-state index in [4.69, 9.17) is 18.9 Å². The molecule has 0 aromatic heterocycles. The lowest BCUT2D eigenvalue weighted by atomic mass is 10.1. The second kappa shape index (κ2) is 20.2. The summed E-state index contributed by atoms with van der Waals surface area (Å²) in [5.41, 5.74) is 3.18. The number of nitrogens with zero attached hydrogens (tertiary/aromatic N) is 3. The minimum atomic E-state index is -0.547. The van der Waals surface area contributed by atoms with Gasteiger partial charge in [-0.1, -0.05) is 13.8 Å². The molecule has 1 unspecified atom stereocenters. The molecule has 0 saturated heterocycles. The Bertz CT molecular complexity index is 1700. The first-order valence-electron chi connectivity index (χ1n) is 17.6. The maximum absolute atomic E-state index is 12.7. The topological polar surface area (TPSA) is 116 Å². The molecule has 1 atom stereocenters. The van der Waals surface area contributed by atoms with Gasteiger partial charge >= 0.3 is 17.9 Å². The number of benzene rings is 4. The largest absolute Gasteiger partial charge is 0.494 e. The van der Waals surface area contributed by atoms with Gasteiger partial charge < -0.3 is 23.8 Å². The van der Waals surface area contributed by atoms with E-state index in [1.807, 2.05) is 38.1 Å². The number of carbonyl (C=O) groups excluding carboxylic acids is 3. The van der Waals surface area contributed by atoms with E-state index in [0.717, 1.165) is 56.6 Å². The molecule has 0 aliphatic rings. The molecule has 0 aliphatic carbocycles. The number of anilines is 1. The first-order valence-corrected chi connectivity index (χ1v) is 17.6. The third-order valence-electron chi connectivity index (χ3n) is 8.26. The fourth-order valence-electron chi connectivity index (χ4n) is 4.92. The summed E-state index contributed by atoms with van der Waals surface area (Å²) in [6, 6.07) is 27.6. The van der Waals surface area contributed by atoms with Crippen LogP contribution in [-0.4, -0.2) is 44.2 Å². The first-order chi connectivity index (χ1) is 24.8. The van der Waals surface area contributed by atoms with E-state index in [1.54, 1.807) is 60.7 Å². The Kier molecular flexibility index (Phi) is 15.2. The van der Waals surface area contributed by atoms with Crippen molar-refractivity contribution in [1.29, 1.82) is 0 Å². The summed E-state index contributed by atoms with van der Waals surface area (Å²) in [7, 11) is 0. The number of esters is 3. The molecule has 10 heteroatoms. The van der Waals surface area contributed by atoms with Gasteiger partial charge in [0.1, 0.15) is 17.2 Å². The van der Waals surface area contributed by atoms with Gasteiger partial charge in [0, 0.05) is 18.8 Å². The van der Waals surface area contributed by atoms with E-state index < -0.39 is 11.9 Å². The van der Waals surface area contributed by atoms with Gasteiger partial charge in [0.15, 0.2) is 0 Å². The van der Waals surface area contributed by atoms with Crippen molar-refractivity contribution in [3.8, 4) is 17.2 Å². The fraction of sp³-hybridized carbons (Fsp3) is 0.341. The highest BCUT2D eigenvalue weighted by Crippen LogP contribution is 2.25. The minimum Gasteiger partial charge on any atom is -0.494 e. The van der Waals surface area contributed by atoms with Crippen molar-refractivity contribution in [3.63, 3.8) is 0 Å². The number of azo groups is 1. The van der Waals surface area contributed by atoms with Gasteiger partial charge in [0.25, 0.3) is 0 Å². The molecule has 0 radical (unpaired) electrons. The summed E-state index contributed by atoms with van der Waals surface area (Å²) in [5.74, 6) is 0.0643. The van der Waals surface area contributed by atoms with Crippen molar-refractivity contribution >= 4 is 35.0 Å². The van der Waals surface area contributed by atoms with Crippen LogP contribution in [0, 0.1) is 5.92 Å². The van der Waals surface area contributed by atoms with E-state index in [9.17, 15) is 14.4 Å². The van der Waals surface area contributed by atoms with Crippen LogP contribution in [0.25, 0.3) is 0 Å².